The van der Waals surface area contributed by atoms with Gasteiger partial charge in [0.1, 0.15) is 0 Å². The number of nitrogens with zero attached hydrogens (tertiary/aromatic N) is 2. The number of unbranched alkanes of at least 4 members (excludes halogenated alkanes) is 4. The highest BCUT2D eigenvalue weighted by atomic mass is 35.5. The van der Waals surface area contributed by atoms with Crippen molar-refractivity contribution in [3.05, 3.63) is 41.2 Å². The van der Waals surface area contributed by atoms with E-state index in [9.17, 15) is 0 Å². The lowest BCUT2D eigenvalue weighted by Gasteiger charge is -2.28. The minimum Gasteiger partial charge on any atom is -0.463 e. The van der Waals surface area contributed by atoms with E-state index in [1.165, 1.54) is 76.2 Å². The van der Waals surface area contributed by atoms with Crippen LogP contribution in [0.4, 0.5) is 0 Å². The molecule has 1 fully saturated rings. The topological polar surface area (TPSA) is 35.0 Å². The van der Waals surface area contributed by atoms with Gasteiger partial charge in [-0.15, -0.1) is 0 Å². The fraction of sp³-hybridized carbons (Fsp3) is 0.630. The molecule has 0 radical (unpaired) electrons. The molecular formula is C27H39ClN2O. The molecule has 1 heterocycles. The molecule has 4 heteroatoms. The number of aromatic nitrogens is 2. The van der Waals surface area contributed by atoms with Crippen LogP contribution in [0.1, 0.15) is 90.0 Å². The second-order valence-electron chi connectivity index (χ2n) is 9.21. The van der Waals surface area contributed by atoms with Crippen molar-refractivity contribution in [2.24, 2.45) is 11.8 Å². The number of hydrogen-bond acceptors (Lipinski definition) is 3. The number of rotatable bonds is 12. The lowest BCUT2D eigenvalue weighted by Crippen LogP contribution is -2.20. The second-order valence-corrected chi connectivity index (χ2v) is 9.62. The van der Waals surface area contributed by atoms with E-state index in [4.69, 9.17) is 16.3 Å². The van der Waals surface area contributed by atoms with E-state index >= 15 is 0 Å². The molecule has 1 aliphatic carbocycles. The third kappa shape index (κ3) is 7.79. The Morgan fingerprint density at radius 2 is 1.55 bits per heavy atom. The quantitative estimate of drug-likeness (QED) is 0.310. The minimum atomic E-state index is 0.483. The van der Waals surface area contributed by atoms with Crippen LogP contribution in [0.15, 0.2) is 30.6 Å². The van der Waals surface area contributed by atoms with E-state index in [-0.39, 0.29) is 0 Å². The van der Waals surface area contributed by atoms with E-state index in [1.807, 2.05) is 18.5 Å². The van der Waals surface area contributed by atoms with Crippen LogP contribution in [0.3, 0.4) is 0 Å². The summed E-state index contributed by atoms with van der Waals surface area (Å²) in [6.45, 7) is 5.24. The lowest BCUT2D eigenvalue weighted by molar-refractivity contribution is 0.169. The largest absolute Gasteiger partial charge is 0.463 e. The summed E-state index contributed by atoms with van der Waals surface area (Å²) in [6, 6.07) is 6.76. The van der Waals surface area contributed by atoms with Crippen molar-refractivity contribution in [2.75, 3.05) is 6.61 Å². The number of hydrogen-bond donors (Lipinski definition) is 0. The first-order valence-electron chi connectivity index (χ1n) is 12.4. The van der Waals surface area contributed by atoms with Crippen molar-refractivity contribution in [2.45, 2.75) is 90.9 Å². The first-order chi connectivity index (χ1) is 15.2. The van der Waals surface area contributed by atoms with E-state index in [1.54, 1.807) is 0 Å². The summed E-state index contributed by atoms with van der Waals surface area (Å²) in [5.41, 5.74) is 3.25. The average molecular weight is 443 g/mol. The summed E-state index contributed by atoms with van der Waals surface area (Å²) in [5.74, 6) is 1.58. The van der Waals surface area contributed by atoms with Gasteiger partial charge in [-0.2, -0.15) is 0 Å². The Bertz CT molecular complexity index is 769. The van der Waals surface area contributed by atoms with Gasteiger partial charge in [0, 0.05) is 23.0 Å². The van der Waals surface area contributed by atoms with Crippen molar-refractivity contribution in [1.29, 1.82) is 0 Å². The molecule has 3 rings (SSSR count). The lowest BCUT2D eigenvalue weighted by atomic mass is 9.80. The van der Waals surface area contributed by atoms with Gasteiger partial charge in [0.25, 0.3) is 0 Å². The highest BCUT2D eigenvalue weighted by Crippen LogP contribution is 2.32. The van der Waals surface area contributed by atoms with Gasteiger partial charge in [-0.25, -0.2) is 9.97 Å². The Morgan fingerprint density at radius 3 is 2.23 bits per heavy atom. The van der Waals surface area contributed by atoms with Crippen LogP contribution in [0.2, 0.25) is 5.02 Å². The molecule has 1 aromatic carbocycles. The molecule has 31 heavy (non-hydrogen) atoms. The molecule has 1 aromatic heterocycles. The van der Waals surface area contributed by atoms with Gasteiger partial charge in [-0.3, -0.25) is 0 Å². The summed E-state index contributed by atoms with van der Waals surface area (Å²) in [7, 11) is 0. The summed E-state index contributed by atoms with van der Waals surface area (Å²) in [4.78, 5) is 8.88. The molecule has 1 aliphatic rings. The zero-order valence-electron chi connectivity index (χ0n) is 19.4. The van der Waals surface area contributed by atoms with Gasteiger partial charge in [0.05, 0.1) is 6.61 Å². The van der Waals surface area contributed by atoms with Gasteiger partial charge in [-0.05, 0) is 54.7 Å². The summed E-state index contributed by atoms with van der Waals surface area (Å²) < 4.78 is 5.92. The van der Waals surface area contributed by atoms with Crippen LogP contribution >= 0.6 is 11.6 Å². The Balaban J connectivity index is 1.45. The summed E-state index contributed by atoms with van der Waals surface area (Å²) in [6.07, 6.45) is 19.1. The monoisotopic (exact) mass is 442 g/mol. The Kier molecular flexibility index (Phi) is 10.1. The Morgan fingerprint density at radius 1 is 0.871 bits per heavy atom. The highest BCUT2D eigenvalue weighted by Gasteiger charge is 2.21. The van der Waals surface area contributed by atoms with Crippen molar-refractivity contribution >= 4 is 11.6 Å². The molecule has 0 N–H and O–H groups in total. The van der Waals surface area contributed by atoms with E-state index in [0.717, 1.165) is 35.1 Å². The van der Waals surface area contributed by atoms with Crippen LogP contribution in [0.25, 0.3) is 11.1 Å². The van der Waals surface area contributed by atoms with Gasteiger partial charge < -0.3 is 4.74 Å². The number of ether oxygens (including phenoxy) is 1. The first kappa shape index (κ1) is 24.0. The summed E-state index contributed by atoms with van der Waals surface area (Å²) in [5, 5.41) is 0.833. The normalized spacial score (nSPS) is 18.8. The third-order valence-electron chi connectivity index (χ3n) is 6.69. The predicted molar refractivity (Wildman–Crippen MR) is 131 cm³/mol. The average Bonchev–Trinajstić information content (AvgIpc) is 2.80. The molecule has 0 saturated heterocycles. The number of benzene rings is 1. The molecule has 0 aliphatic heterocycles. The van der Waals surface area contributed by atoms with Crippen LogP contribution in [-0.2, 0) is 6.42 Å². The number of halogens is 1. The third-order valence-corrected chi connectivity index (χ3v) is 7.05. The molecule has 1 saturated carbocycles. The molecule has 0 spiro atoms. The molecule has 170 valence electrons. The maximum absolute atomic E-state index is 6.51. The first-order valence-corrected chi connectivity index (χ1v) is 12.8. The van der Waals surface area contributed by atoms with Crippen LogP contribution < -0.4 is 4.74 Å². The van der Waals surface area contributed by atoms with Crippen molar-refractivity contribution in [1.82, 2.24) is 9.97 Å². The van der Waals surface area contributed by atoms with E-state index in [0.29, 0.717) is 11.9 Å². The van der Waals surface area contributed by atoms with Crippen molar-refractivity contribution in [3.8, 4) is 17.1 Å². The van der Waals surface area contributed by atoms with Crippen LogP contribution in [-0.4, -0.2) is 16.6 Å². The van der Waals surface area contributed by atoms with Crippen molar-refractivity contribution in [3.63, 3.8) is 0 Å². The van der Waals surface area contributed by atoms with E-state index < -0.39 is 0 Å². The predicted octanol–water partition coefficient (Wildman–Crippen LogP) is 8.30. The molecule has 0 atom stereocenters. The Hall–Kier alpha value is -1.61. The van der Waals surface area contributed by atoms with Crippen LogP contribution in [0.5, 0.6) is 6.01 Å². The standard InChI is InChI=1S/C27H39ClN2O/c1-3-5-7-9-21-11-13-22(14-12-21)20-31-27-29-18-25(19-30-27)24-16-15-23(26(28)17-24)10-8-6-4-2/h15-19,21-22H,3-14,20H2,1-2H3/t21-,22-. The SMILES string of the molecule is CCCCCc1ccc(-c2cnc(OC[C@H]3CC[C@H](CCCCC)CC3)nc2)cc1Cl. The highest BCUT2D eigenvalue weighted by molar-refractivity contribution is 6.31. The minimum absolute atomic E-state index is 0.483. The second kappa shape index (κ2) is 13.1. The molecular weight excluding hydrogens is 404 g/mol. The van der Waals surface area contributed by atoms with Gasteiger partial charge in [0.2, 0.25) is 0 Å². The van der Waals surface area contributed by atoms with Gasteiger partial charge >= 0.3 is 6.01 Å². The molecule has 0 amide bonds. The van der Waals surface area contributed by atoms with Crippen molar-refractivity contribution < 1.29 is 4.74 Å². The molecule has 2 aromatic rings. The van der Waals surface area contributed by atoms with Gasteiger partial charge in [0.15, 0.2) is 0 Å². The molecule has 0 bridgehead atoms. The fourth-order valence-corrected chi connectivity index (χ4v) is 4.87. The fourth-order valence-electron chi connectivity index (χ4n) is 4.60. The molecule has 3 nitrogen and oxygen atoms in total. The molecule has 0 unspecified atom stereocenters. The maximum Gasteiger partial charge on any atom is 0.316 e. The van der Waals surface area contributed by atoms with Crippen LogP contribution in [0, 0.1) is 11.8 Å². The Labute approximate surface area is 194 Å². The van der Waals surface area contributed by atoms with Gasteiger partial charge in [-0.1, -0.05) is 88.9 Å². The van der Waals surface area contributed by atoms with E-state index in [2.05, 4.69) is 35.9 Å². The maximum atomic E-state index is 6.51. The smallest absolute Gasteiger partial charge is 0.316 e. The summed E-state index contributed by atoms with van der Waals surface area (Å²) >= 11 is 6.51. The zero-order valence-corrected chi connectivity index (χ0v) is 20.2. The zero-order chi connectivity index (χ0) is 21.9. The number of aryl methyl sites for hydroxylation is 1.